The van der Waals surface area contributed by atoms with Crippen molar-refractivity contribution < 1.29 is 14.3 Å². The van der Waals surface area contributed by atoms with E-state index in [1.54, 1.807) is 12.2 Å². The van der Waals surface area contributed by atoms with Crippen molar-refractivity contribution in [3.63, 3.8) is 0 Å². The molecule has 1 aliphatic rings. The lowest BCUT2D eigenvalue weighted by Gasteiger charge is -2.29. The minimum absolute atomic E-state index is 0.369. The van der Waals surface area contributed by atoms with Crippen LogP contribution in [0.4, 0.5) is 0 Å². The normalized spacial score (nSPS) is 20.1. The summed E-state index contributed by atoms with van der Waals surface area (Å²) in [5.41, 5.74) is 0.219. The lowest BCUT2D eigenvalue weighted by Crippen LogP contribution is -2.42. The molecule has 0 bridgehead atoms. The first-order valence-corrected chi connectivity index (χ1v) is 5.50. The highest BCUT2D eigenvalue weighted by Crippen LogP contribution is 2.17. The molecule has 1 atom stereocenters. The Labute approximate surface area is 102 Å². The molecule has 0 aliphatic carbocycles. The quantitative estimate of drug-likeness (QED) is 0.762. The van der Waals surface area contributed by atoms with Gasteiger partial charge in [-0.1, -0.05) is 13.2 Å². The molecule has 1 heterocycles. The molecule has 0 aromatic rings. The van der Waals surface area contributed by atoms with E-state index in [1.807, 2.05) is 20.8 Å². The number of hydrogen-bond acceptors (Lipinski definition) is 4. The number of carbonyl (C=O) groups excluding carboxylic acids is 1. The van der Waals surface area contributed by atoms with Crippen molar-refractivity contribution in [1.29, 1.82) is 0 Å². The van der Waals surface area contributed by atoms with Crippen molar-refractivity contribution in [1.82, 2.24) is 5.32 Å². The summed E-state index contributed by atoms with van der Waals surface area (Å²) in [6, 6.07) is 0. The molecule has 94 valence electrons. The molecule has 1 N–H and O–H groups in total. The second-order valence-corrected chi connectivity index (χ2v) is 4.71. The molecule has 4 heteroatoms. The zero-order valence-corrected chi connectivity index (χ0v) is 10.6. The highest BCUT2D eigenvalue weighted by Gasteiger charge is 2.30. The molecular weight excluding hydrogens is 218 g/mol. The minimum Gasteiger partial charge on any atom is -0.475 e. The van der Waals surface area contributed by atoms with E-state index in [4.69, 9.17) is 9.47 Å². The summed E-state index contributed by atoms with van der Waals surface area (Å²) < 4.78 is 10.8. The first-order valence-electron chi connectivity index (χ1n) is 5.50. The number of hydrogen-bond donors (Lipinski definition) is 1. The highest BCUT2D eigenvalue weighted by molar-refractivity contribution is 5.76. The Morgan fingerprint density at radius 1 is 1.47 bits per heavy atom. The second-order valence-electron chi connectivity index (χ2n) is 4.71. The number of ether oxygens (including phenoxy) is 2. The summed E-state index contributed by atoms with van der Waals surface area (Å²) in [4.78, 5) is 11.8. The summed E-state index contributed by atoms with van der Waals surface area (Å²) >= 11 is 0. The third-order valence-electron chi connectivity index (χ3n) is 2.07. The first-order chi connectivity index (χ1) is 7.87. The summed E-state index contributed by atoms with van der Waals surface area (Å²) in [7, 11) is 0. The molecule has 0 aromatic heterocycles. The molecular formula is C13H19NO3. The van der Waals surface area contributed by atoms with E-state index < -0.39 is 11.7 Å². The van der Waals surface area contributed by atoms with Crippen LogP contribution in [0.25, 0.3) is 0 Å². The Morgan fingerprint density at radius 2 is 2.12 bits per heavy atom. The second kappa shape index (κ2) is 5.08. The van der Waals surface area contributed by atoms with Crippen molar-refractivity contribution in [2.75, 3.05) is 6.54 Å². The molecule has 17 heavy (non-hydrogen) atoms. The van der Waals surface area contributed by atoms with Crippen LogP contribution in [0.5, 0.6) is 0 Å². The largest absolute Gasteiger partial charge is 0.475 e. The van der Waals surface area contributed by atoms with Crippen molar-refractivity contribution in [3.05, 3.63) is 36.8 Å². The van der Waals surface area contributed by atoms with Crippen LogP contribution in [-0.2, 0) is 14.3 Å². The van der Waals surface area contributed by atoms with Gasteiger partial charge in [-0.15, -0.1) is 0 Å². The van der Waals surface area contributed by atoms with Gasteiger partial charge in [0.25, 0.3) is 0 Å². The Hall–Kier alpha value is -1.71. The van der Waals surface area contributed by atoms with Crippen LogP contribution >= 0.6 is 0 Å². The molecule has 4 nitrogen and oxygen atoms in total. The molecule has 0 aromatic carbocycles. The van der Waals surface area contributed by atoms with E-state index >= 15 is 0 Å². The summed E-state index contributed by atoms with van der Waals surface area (Å²) in [5, 5.41) is 3.05. The van der Waals surface area contributed by atoms with Gasteiger partial charge in [0.15, 0.2) is 0 Å². The van der Waals surface area contributed by atoms with Gasteiger partial charge >= 0.3 is 5.97 Å². The maximum absolute atomic E-state index is 11.8. The van der Waals surface area contributed by atoms with Crippen LogP contribution in [0.1, 0.15) is 20.8 Å². The smallest absolute Gasteiger partial charge is 0.349 e. The maximum Gasteiger partial charge on any atom is 0.349 e. The minimum atomic E-state index is -0.647. The fraction of sp³-hybridized carbons (Fsp3) is 0.462. The average Bonchev–Trinajstić information content (AvgIpc) is 2.25. The third kappa shape index (κ3) is 3.66. The molecule has 0 amide bonds. The topological polar surface area (TPSA) is 47.6 Å². The molecule has 0 saturated heterocycles. The molecule has 0 saturated carbocycles. The van der Waals surface area contributed by atoms with E-state index in [1.165, 1.54) is 0 Å². The molecule has 1 aliphatic heterocycles. The van der Waals surface area contributed by atoms with Crippen molar-refractivity contribution in [2.24, 2.45) is 0 Å². The van der Waals surface area contributed by atoms with Crippen LogP contribution in [0.3, 0.4) is 0 Å². The average molecular weight is 237 g/mol. The Morgan fingerprint density at radius 3 is 2.59 bits per heavy atom. The van der Waals surface area contributed by atoms with Gasteiger partial charge in [0.1, 0.15) is 11.4 Å². The van der Waals surface area contributed by atoms with Crippen molar-refractivity contribution in [2.45, 2.75) is 32.5 Å². The predicted octanol–water partition coefficient (Wildman–Crippen LogP) is 1.90. The number of nitrogens with one attached hydrogen (secondary N) is 1. The van der Waals surface area contributed by atoms with Crippen LogP contribution in [0, 0.1) is 0 Å². The first kappa shape index (κ1) is 13.4. The summed E-state index contributed by atoms with van der Waals surface area (Å²) in [5.74, 6) is 0.134. The van der Waals surface area contributed by atoms with Gasteiger partial charge in [-0.25, -0.2) is 4.79 Å². The van der Waals surface area contributed by atoms with E-state index in [0.29, 0.717) is 12.3 Å². The van der Waals surface area contributed by atoms with Crippen LogP contribution < -0.4 is 5.32 Å². The Bertz CT molecular complexity index is 363. The van der Waals surface area contributed by atoms with E-state index in [2.05, 4.69) is 18.5 Å². The van der Waals surface area contributed by atoms with E-state index in [-0.39, 0.29) is 5.97 Å². The van der Waals surface area contributed by atoms with Gasteiger partial charge in [0.05, 0.1) is 12.2 Å². The predicted molar refractivity (Wildman–Crippen MR) is 66.1 cm³/mol. The molecule has 0 fully saturated rings. The SMILES string of the molecule is C=CC1=C(C=C)OC(C(=O)OC(C)(C)C)CN1. The molecule has 0 spiro atoms. The van der Waals surface area contributed by atoms with Crippen LogP contribution in [0.15, 0.2) is 36.8 Å². The lowest BCUT2D eigenvalue weighted by atomic mass is 10.2. The maximum atomic E-state index is 11.8. The van der Waals surface area contributed by atoms with Gasteiger partial charge in [0, 0.05) is 0 Å². The Kier molecular flexibility index (Phi) is 3.99. The van der Waals surface area contributed by atoms with E-state index in [0.717, 1.165) is 5.70 Å². The monoisotopic (exact) mass is 237 g/mol. The van der Waals surface area contributed by atoms with Gasteiger partial charge in [-0.3, -0.25) is 0 Å². The standard InChI is InChI=1S/C13H19NO3/c1-6-9-10(7-2)16-11(8-14-9)12(15)17-13(3,4)5/h6-7,11,14H,1-2,8H2,3-5H3. The van der Waals surface area contributed by atoms with E-state index in [9.17, 15) is 4.79 Å². The van der Waals surface area contributed by atoms with Gasteiger partial charge in [0.2, 0.25) is 6.10 Å². The van der Waals surface area contributed by atoms with Gasteiger partial charge < -0.3 is 14.8 Å². The number of esters is 1. The lowest BCUT2D eigenvalue weighted by molar-refractivity contribution is -0.166. The summed E-state index contributed by atoms with van der Waals surface area (Å²) in [6.45, 7) is 13.1. The third-order valence-corrected chi connectivity index (χ3v) is 2.07. The van der Waals surface area contributed by atoms with Crippen molar-refractivity contribution >= 4 is 5.97 Å². The summed E-state index contributed by atoms with van der Waals surface area (Å²) in [6.07, 6.45) is 2.52. The highest BCUT2D eigenvalue weighted by atomic mass is 16.6. The number of allylic oxidation sites excluding steroid dienone is 2. The zero-order valence-electron chi connectivity index (χ0n) is 10.6. The van der Waals surface area contributed by atoms with Crippen LogP contribution in [0.2, 0.25) is 0 Å². The molecule has 1 rings (SSSR count). The number of rotatable bonds is 3. The van der Waals surface area contributed by atoms with Gasteiger partial charge in [-0.05, 0) is 32.9 Å². The zero-order chi connectivity index (χ0) is 13.1. The molecule has 0 radical (unpaired) electrons. The molecule has 1 unspecified atom stereocenters. The van der Waals surface area contributed by atoms with Gasteiger partial charge in [-0.2, -0.15) is 0 Å². The fourth-order valence-electron chi connectivity index (χ4n) is 1.38. The van der Waals surface area contributed by atoms with Crippen molar-refractivity contribution in [3.8, 4) is 0 Å². The fourth-order valence-corrected chi connectivity index (χ4v) is 1.38. The number of carbonyl (C=O) groups is 1. The van der Waals surface area contributed by atoms with Crippen LogP contribution in [-0.4, -0.2) is 24.2 Å². The Balaban J connectivity index is 2.72.